The zero-order valence-corrected chi connectivity index (χ0v) is 10.7. The minimum atomic E-state index is -0.369. The molecule has 1 unspecified atom stereocenters. The highest BCUT2D eigenvalue weighted by Gasteiger charge is 2.36. The quantitative estimate of drug-likeness (QED) is 0.776. The highest BCUT2D eigenvalue weighted by Crippen LogP contribution is 2.35. The molecule has 1 heterocycles. The van der Waals surface area contributed by atoms with E-state index in [0.717, 1.165) is 19.4 Å². The first kappa shape index (κ1) is 11.7. The zero-order chi connectivity index (χ0) is 10.9. The van der Waals surface area contributed by atoms with E-state index in [1.807, 2.05) is 11.8 Å². The van der Waals surface area contributed by atoms with Crippen molar-refractivity contribution in [2.75, 3.05) is 18.1 Å². The maximum Gasteiger partial charge on any atom is 0.0771 e. The van der Waals surface area contributed by atoms with Crippen LogP contribution < -0.4 is 5.32 Å². The standard InChI is InChI=1S/C12H23NOS/c1-11(2)6-10(7-15-9-11)13-8-12(14)4-3-5-12/h10,13-14H,3-9H2,1-2H3. The Hall–Kier alpha value is 0.270. The van der Waals surface area contributed by atoms with Crippen molar-refractivity contribution in [3.63, 3.8) is 0 Å². The van der Waals surface area contributed by atoms with Gasteiger partial charge in [-0.2, -0.15) is 11.8 Å². The van der Waals surface area contributed by atoms with Gasteiger partial charge in [0.2, 0.25) is 0 Å². The molecule has 0 amide bonds. The SMILES string of the molecule is CC1(C)CSCC(NCC2(O)CCC2)C1. The van der Waals surface area contributed by atoms with Crippen LogP contribution >= 0.6 is 11.8 Å². The van der Waals surface area contributed by atoms with Crippen LogP contribution in [0.3, 0.4) is 0 Å². The summed E-state index contributed by atoms with van der Waals surface area (Å²) in [5.74, 6) is 2.48. The number of nitrogens with one attached hydrogen (secondary N) is 1. The van der Waals surface area contributed by atoms with Crippen molar-refractivity contribution in [3.8, 4) is 0 Å². The lowest BCUT2D eigenvalue weighted by molar-refractivity contribution is -0.0335. The Morgan fingerprint density at radius 2 is 2.13 bits per heavy atom. The van der Waals surface area contributed by atoms with Gasteiger partial charge in [-0.1, -0.05) is 13.8 Å². The van der Waals surface area contributed by atoms with Crippen molar-refractivity contribution in [3.05, 3.63) is 0 Å². The minimum Gasteiger partial charge on any atom is -0.389 e. The Balaban J connectivity index is 1.74. The van der Waals surface area contributed by atoms with E-state index in [-0.39, 0.29) is 5.60 Å². The topological polar surface area (TPSA) is 32.3 Å². The predicted molar refractivity (Wildman–Crippen MR) is 66.3 cm³/mol. The second-order valence-electron chi connectivity index (χ2n) is 6.04. The molecule has 1 aliphatic carbocycles. The van der Waals surface area contributed by atoms with Crippen molar-refractivity contribution in [1.29, 1.82) is 0 Å². The van der Waals surface area contributed by atoms with Gasteiger partial charge in [-0.3, -0.25) is 0 Å². The van der Waals surface area contributed by atoms with Crippen LogP contribution in [0.4, 0.5) is 0 Å². The van der Waals surface area contributed by atoms with E-state index < -0.39 is 0 Å². The number of thioether (sulfide) groups is 1. The highest BCUT2D eigenvalue weighted by molar-refractivity contribution is 7.99. The van der Waals surface area contributed by atoms with Crippen LogP contribution in [0.2, 0.25) is 0 Å². The third-order valence-corrected chi connectivity index (χ3v) is 5.24. The van der Waals surface area contributed by atoms with Crippen molar-refractivity contribution in [2.45, 2.75) is 51.2 Å². The molecule has 1 atom stereocenters. The summed E-state index contributed by atoms with van der Waals surface area (Å²) in [4.78, 5) is 0. The summed E-state index contributed by atoms with van der Waals surface area (Å²) >= 11 is 2.04. The van der Waals surface area contributed by atoms with Gasteiger partial charge >= 0.3 is 0 Å². The van der Waals surface area contributed by atoms with Gasteiger partial charge in [0.1, 0.15) is 0 Å². The average Bonchev–Trinajstić information content (AvgIpc) is 2.10. The molecule has 0 bridgehead atoms. The molecule has 1 saturated heterocycles. The molecule has 0 aromatic rings. The molecule has 0 aromatic heterocycles. The molecule has 0 radical (unpaired) electrons. The first-order valence-electron chi connectivity index (χ1n) is 6.03. The third kappa shape index (κ3) is 3.11. The smallest absolute Gasteiger partial charge is 0.0771 e. The fraction of sp³-hybridized carbons (Fsp3) is 1.00. The maximum absolute atomic E-state index is 10.0. The summed E-state index contributed by atoms with van der Waals surface area (Å²) in [5, 5.41) is 13.6. The molecular formula is C12H23NOS. The first-order chi connectivity index (χ1) is 6.99. The van der Waals surface area contributed by atoms with E-state index in [1.54, 1.807) is 0 Å². The van der Waals surface area contributed by atoms with Gasteiger partial charge in [-0.05, 0) is 36.9 Å². The lowest BCUT2D eigenvalue weighted by atomic mass is 9.80. The summed E-state index contributed by atoms with van der Waals surface area (Å²) in [7, 11) is 0. The van der Waals surface area contributed by atoms with E-state index in [1.165, 1.54) is 24.3 Å². The van der Waals surface area contributed by atoms with Crippen molar-refractivity contribution in [2.24, 2.45) is 5.41 Å². The fourth-order valence-corrected chi connectivity index (χ4v) is 3.80. The van der Waals surface area contributed by atoms with Crippen LogP contribution in [0, 0.1) is 5.41 Å². The summed E-state index contributed by atoms with van der Waals surface area (Å²) in [6, 6.07) is 0.600. The van der Waals surface area contributed by atoms with Crippen molar-refractivity contribution < 1.29 is 5.11 Å². The van der Waals surface area contributed by atoms with E-state index in [9.17, 15) is 5.11 Å². The number of aliphatic hydroxyl groups is 1. The van der Waals surface area contributed by atoms with E-state index in [0.29, 0.717) is 11.5 Å². The van der Waals surface area contributed by atoms with Crippen LogP contribution in [0.15, 0.2) is 0 Å². The van der Waals surface area contributed by atoms with E-state index in [4.69, 9.17) is 0 Å². The molecule has 0 spiro atoms. The molecule has 2 nitrogen and oxygen atoms in total. The lowest BCUT2D eigenvalue weighted by Gasteiger charge is -2.40. The van der Waals surface area contributed by atoms with Gasteiger partial charge in [0.05, 0.1) is 5.60 Å². The van der Waals surface area contributed by atoms with Crippen molar-refractivity contribution in [1.82, 2.24) is 5.32 Å². The average molecular weight is 229 g/mol. The monoisotopic (exact) mass is 229 g/mol. The summed E-state index contributed by atoms with van der Waals surface area (Å²) in [5.41, 5.74) is 0.0923. The molecule has 2 aliphatic rings. The molecule has 2 fully saturated rings. The van der Waals surface area contributed by atoms with Gasteiger partial charge in [-0.15, -0.1) is 0 Å². The van der Waals surface area contributed by atoms with Crippen LogP contribution in [0.5, 0.6) is 0 Å². The number of hydrogen-bond donors (Lipinski definition) is 2. The van der Waals surface area contributed by atoms with Crippen LogP contribution in [0.25, 0.3) is 0 Å². The normalized spacial score (nSPS) is 33.4. The molecule has 3 heteroatoms. The molecule has 1 aliphatic heterocycles. The number of rotatable bonds is 3. The molecule has 15 heavy (non-hydrogen) atoms. The Labute approximate surface area is 97.2 Å². The van der Waals surface area contributed by atoms with E-state index >= 15 is 0 Å². The van der Waals surface area contributed by atoms with Gasteiger partial charge < -0.3 is 10.4 Å². The van der Waals surface area contributed by atoms with Gasteiger partial charge in [0.15, 0.2) is 0 Å². The molecule has 88 valence electrons. The summed E-state index contributed by atoms with van der Waals surface area (Å²) < 4.78 is 0. The van der Waals surface area contributed by atoms with Gasteiger partial charge in [-0.25, -0.2) is 0 Å². The zero-order valence-electron chi connectivity index (χ0n) is 9.88. The van der Waals surface area contributed by atoms with Crippen LogP contribution in [0.1, 0.15) is 39.5 Å². The molecule has 1 saturated carbocycles. The second kappa shape index (κ2) is 4.27. The van der Waals surface area contributed by atoms with Gasteiger partial charge in [0.25, 0.3) is 0 Å². The fourth-order valence-electron chi connectivity index (χ4n) is 2.49. The molecule has 2 N–H and O–H groups in total. The van der Waals surface area contributed by atoms with Crippen LogP contribution in [-0.2, 0) is 0 Å². The highest BCUT2D eigenvalue weighted by atomic mass is 32.2. The summed E-state index contributed by atoms with van der Waals surface area (Å²) in [6.45, 7) is 5.48. The van der Waals surface area contributed by atoms with Crippen molar-refractivity contribution >= 4 is 11.8 Å². The number of hydrogen-bond acceptors (Lipinski definition) is 3. The Bertz CT molecular complexity index is 226. The second-order valence-corrected chi connectivity index (χ2v) is 7.07. The molecule has 2 rings (SSSR count). The third-order valence-electron chi connectivity index (χ3n) is 3.61. The molecular weight excluding hydrogens is 206 g/mol. The Morgan fingerprint density at radius 3 is 2.67 bits per heavy atom. The summed E-state index contributed by atoms with van der Waals surface area (Å²) in [6.07, 6.45) is 4.42. The van der Waals surface area contributed by atoms with Gasteiger partial charge in [0, 0.05) is 18.3 Å². The van der Waals surface area contributed by atoms with Crippen LogP contribution in [-0.4, -0.2) is 34.8 Å². The van der Waals surface area contributed by atoms with E-state index in [2.05, 4.69) is 19.2 Å². The largest absolute Gasteiger partial charge is 0.389 e. The minimum absolute atomic E-state index is 0.369. The Morgan fingerprint density at radius 1 is 1.40 bits per heavy atom. The predicted octanol–water partition coefficient (Wildman–Crippen LogP) is 2.02. The lowest BCUT2D eigenvalue weighted by Crippen LogP contribution is -2.51. The Kier molecular flexibility index (Phi) is 3.34. The first-order valence-corrected chi connectivity index (χ1v) is 7.18. The molecule has 0 aromatic carbocycles. The maximum atomic E-state index is 10.0.